The summed E-state index contributed by atoms with van der Waals surface area (Å²) in [6.07, 6.45) is 3.53. The molecule has 0 saturated carbocycles. The van der Waals surface area contributed by atoms with E-state index in [1.165, 1.54) is 25.1 Å². The minimum atomic E-state index is 0.0134. The van der Waals surface area contributed by atoms with Crippen molar-refractivity contribution in [3.8, 4) is 0 Å². The molecule has 2 saturated heterocycles. The van der Waals surface area contributed by atoms with Gasteiger partial charge in [-0.3, -0.25) is 9.69 Å². The molecule has 7 nitrogen and oxygen atoms in total. The molecule has 2 unspecified atom stereocenters. The molecule has 0 spiro atoms. The molecule has 3 rings (SSSR count). The lowest BCUT2D eigenvalue weighted by Gasteiger charge is -2.25. The SMILES string of the molecule is CCN1CCCC1CNC(=NCC(=O)N(C)C)NC1CCN(c2ccccc2)C1. The molecule has 0 radical (unpaired) electrons. The summed E-state index contributed by atoms with van der Waals surface area (Å²) in [5.41, 5.74) is 1.26. The maximum atomic E-state index is 12.0. The third kappa shape index (κ3) is 6.10. The van der Waals surface area contributed by atoms with Gasteiger partial charge in [-0.05, 0) is 44.5 Å². The summed E-state index contributed by atoms with van der Waals surface area (Å²) in [5.74, 6) is 0.766. The molecular formula is C22H36N6O. The van der Waals surface area contributed by atoms with Crippen molar-refractivity contribution in [2.45, 2.75) is 38.3 Å². The first kappa shape index (κ1) is 21.4. The maximum absolute atomic E-state index is 12.0. The van der Waals surface area contributed by atoms with E-state index in [1.807, 2.05) is 6.07 Å². The van der Waals surface area contributed by atoms with Crippen molar-refractivity contribution in [2.24, 2.45) is 4.99 Å². The first-order valence-corrected chi connectivity index (χ1v) is 10.9. The number of hydrogen-bond donors (Lipinski definition) is 2. The van der Waals surface area contributed by atoms with Crippen LogP contribution in [0.1, 0.15) is 26.2 Å². The number of anilines is 1. The number of nitrogens with one attached hydrogen (secondary N) is 2. The van der Waals surface area contributed by atoms with E-state index in [0.29, 0.717) is 12.1 Å². The molecule has 0 aromatic heterocycles. The predicted octanol–water partition coefficient (Wildman–Crippen LogP) is 1.37. The summed E-state index contributed by atoms with van der Waals surface area (Å²) < 4.78 is 0. The Hall–Kier alpha value is -2.28. The van der Waals surface area contributed by atoms with Crippen LogP contribution in [0.5, 0.6) is 0 Å². The van der Waals surface area contributed by atoms with Crippen molar-refractivity contribution in [3.63, 3.8) is 0 Å². The molecule has 160 valence electrons. The fraction of sp³-hybridized carbons (Fsp3) is 0.636. The molecule has 0 aliphatic carbocycles. The van der Waals surface area contributed by atoms with Crippen LogP contribution in [0, 0.1) is 0 Å². The lowest BCUT2D eigenvalue weighted by atomic mass is 10.2. The summed E-state index contributed by atoms with van der Waals surface area (Å²) in [6.45, 7) is 7.48. The molecule has 2 fully saturated rings. The Morgan fingerprint density at radius 2 is 2.00 bits per heavy atom. The highest BCUT2D eigenvalue weighted by atomic mass is 16.2. The number of guanidine groups is 1. The predicted molar refractivity (Wildman–Crippen MR) is 119 cm³/mol. The van der Waals surface area contributed by atoms with E-state index < -0.39 is 0 Å². The van der Waals surface area contributed by atoms with Crippen LogP contribution in [0.2, 0.25) is 0 Å². The topological polar surface area (TPSA) is 63.2 Å². The number of benzene rings is 1. The zero-order chi connectivity index (χ0) is 20.6. The van der Waals surface area contributed by atoms with E-state index in [4.69, 9.17) is 0 Å². The van der Waals surface area contributed by atoms with E-state index >= 15 is 0 Å². The van der Waals surface area contributed by atoms with Gasteiger partial charge in [-0.2, -0.15) is 0 Å². The number of para-hydroxylation sites is 1. The van der Waals surface area contributed by atoms with Gasteiger partial charge in [-0.25, -0.2) is 4.99 Å². The van der Waals surface area contributed by atoms with Crippen molar-refractivity contribution < 1.29 is 4.79 Å². The van der Waals surface area contributed by atoms with Crippen LogP contribution in [-0.4, -0.2) is 87.1 Å². The number of likely N-dealkylation sites (tertiary alicyclic amines) is 1. The van der Waals surface area contributed by atoms with Gasteiger partial charge in [-0.1, -0.05) is 25.1 Å². The van der Waals surface area contributed by atoms with Crippen LogP contribution in [0.4, 0.5) is 5.69 Å². The van der Waals surface area contributed by atoms with Gasteiger partial charge >= 0.3 is 0 Å². The molecule has 0 bridgehead atoms. The normalized spacial score (nSPS) is 22.7. The van der Waals surface area contributed by atoms with Crippen molar-refractivity contribution in [1.29, 1.82) is 0 Å². The molecule has 2 atom stereocenters. The number of amides is 1. The number of rotatable bonds is 7. The highest BCUT2D eigenvalue weighted by Gasteiger charge is 2.25. The Balaban J connectivity index is 1.58. The van der Waals surface area contributed by atoms with Crippen LogP contribution in [0.3, 0.4) is 0 Å². The van der Waals surface area contributed by atoms with Gasteiger partial charge in [0, 0.05) is 51.5 Å². The third-order valence-electron chi connectivity index (χ3n) is 5.93. The number of carbonyl (C=O) groups is 1. The summed E-state index contributed by atoms with van der Waals surface area (Å²) >= 11 is 0. The number of nitrogens with zero attached hydrogens (tertiary/aromatic N) is 4. The van der Waals surface area contributed by atoms with Gasteiger partial charge < -0.3 is 20.4 Å². The second-order valence-electron chi connectivity index (χ2n) is 8.17. The zero-order valence-corrected chi connectivity index (χ0v) is 18.1. The molecule has 1 aromatic rings. The average molecular weight is 401 g/mol. The second kappa shape index (κ2) is 10.5. The lowest BCUT2D eigenvalue weighted by Crippen LogP contribution is -2.49. The van der Waals surface area contributed by atoms with Gasteiger partial charge in [0.15, 0.2) is 5.96 Å². The summed E-state index contributed by atoms with van der Waals surface area (Å²) in [7, 11) is 3.54. The first-order valence-electron chi connectivity index (χ1n) is 10.9. The standard InChI is InChI=1S/C22H36N6O/c1-4-27-13-8-11-20(27)15-23-22(24-16-21(29)26(2)3)25-18-12-14-28(17-18)19-9-6-5-7-10-19/h5-7,9-10,18,20H,4,8,11-17H2,1-3H3,(H2,23,24,25). The summed E-state index contributed by atoms with van der Waals surface area (Å²) in [4.78, 5) is 23.1. The second-order valence-corrected chi connectivity index (χ2v) is 8.17. The van der Waals surface area contributed by atoms with Crippen LogP contribution in [0.15, 0.2) is 35.3 Å². The Morgan fingerprint density at radius 1 is 1.21 bits per heavy atom. The highest BCUT2D eigenvalue weighted by Crippen LogP contribution is 2.20. The molecular weight excluding hydrogens is 364 g/mol. The van der Waals surface area contributed by atoms with E-state index in [2.05, 4.69) is 56.6 Å². The molecule has 1 amide bonds. The fourth-order valence-corrected chi connectivity index (χ4v) is 4.14. The van der Waals surface area contributed by atoms with Gasteiger partial charge in [0.1, 0.15) is 6.54 Å². The third-order valence-corrected chi connectivity index (χ3v) is 5.93. The lowest BCUT2D eigenvalue weighted by molar-refractivity contribution is -0.127. The van der Waals surface area contributed by atoms with Crippen molar-refractivity contribution in [3.05, 3.63) is 30.3 Å². The molecule has 1 aromatic carbocycles. The Labute approximate surface area is 175 Å². The minimum absolute atomic E-state index is 0.0134. The monoisotopic (exact) mass is 400 g/mol. The number of carbonyl (C=O) groups excluding carboxylic acids is 1. The van der Waals surface area contributed by atoms with Crippen molar-refractivity contribution in [2.75, 3.05) is 58.3 Å². The number of aliphatic imine (C=N–C) groups is 1. The van der Waals surface area contributed by atoms with Crippen molar-refractivity contribution >= 4 is 17.6 Å². The zero-order valence-electron chi connectivity index (χ0n) is 18.1. The number of hydrogen-bond acceptors (Lipinski definition) is 4. The smallest absolute Gasteiger partial charge is 0.243 e. The van der Waals surface area contributed by atoms with E-state index in [-0.39, 0.29) is 12.5 Å². The highest BCUT2D eigenvalue weighted by molar-refractivity contribution is 5.85. The van der Waals surface area contributed by atoms with Gasteiger partial charge in [-0.15, -0.1) is 0 Å². The van der Waals surface area contributed by atoms with Gasteiger partial charge in [0.2, 0.25) is 5.91 Å². The summed E-state index contributed by atoms with van der Waals surface area (Å²) in [6, 6.07) is 11.4. The maximum Gasteiger partial charge on any atom is 0.243 e. The molecule has 2 aliphatic rings. The quantitative estimate of drug-likeness (QED) is 0.535. The first-order chi connectivity index (χ1) is 14.1. The van der Waals surface area contributed by atoms with E-state index in [1.54, 1.807) is 19.0 Å². The Bertz CT molecular complexity index is 677. The average Bonchev–Trinajstić information content (AvgIpc) is 3.39. The fourth-order valence-electron chi connectivity index (χ4n) is 4.14. The van der Waals surface area contributed by atoms with Crippen LogP contribution in [-0.2, 0) is 4.79 Å². The Morgan fingerprint density at radius 3 is 2.72 bits per heavy atom. The molecule has 29 heavy (non-hydrogen) atoms. The summed E-state index contributed by atoms with van der Waals surface area (Å²) in [5, 5.41) is 7.08. The van der Waals surface area contributed by atoms with Gasteiger partial charge in [0.25, 0.3) is 0 Å². The minimum Gasteiger partial charge on any atom is -0.369 e. The van der Waals surface area contributed by atoms with Crippen LogP contribution in [0.25, 0.3) is 0 Å². The molecule has 2 aliphatic heterocycles. The van der Waals surface area contributed by atoms with Crippen molar-refractivity contribution in [1.82, 2.24) is 20.4 Å². The van der Waals surface area contributed by atoms with E-state index in [9.17, 15) is 4.79 Å². The molecule has 2 heterocycles. The van der Waals surface area contributed by atoms with Crippen LogP contribution < -0.4 is 15.5 Å². The largest absolute Gasteiger partial charge is 0.369 e. The van der Waals surface area contributed by atoms with Gasteiger partial charge in [0.05, 0.1) is 0 Å². The van der Waals surface area contributed by atoms with E-state index in [0.717, 1.165) is 38.6 Å². The number of likely N-dealkylation sites (N-methyl/N-ethyl adjacent to an activating group) is 2. The Kier molecular flexibility index (Phi) is 7.75. The van der Waals surface area contributed by atoms with Crippen LogP contribution >= 0.6 is 0 Å². The molecule has 7 heteroatoms. The molecule has 2 N–H and O–H groups in total.